The van der Waals surface area contributed by atoms with Crippen LogP contribution in [0.4, 0.5) is 0 Å². The molecule has 0 spiro atoms. The third kappa shape index (κ3) is 2.61. The van der Waals surface area contributed by atoms with Gasteiger partial charge in [-0.3, -0.25) is 14.6 Å². The molecule has 7 heteroatoms. The number of nitrogens with one attached hydrogen (secondary N) is 1. The fourth-order valence-corrected chi connectivity index (χ4v) is 2.14. The minimum atomic E-state index is -1.14. The van der Waals surface area contributed by atoms with Crippen LogP contribution in [0.25, 0.3) is 0 Å². The second-order valence-electron chi connectivity index (χ2n) is 4.68. The lowest BCUT2D eigenvalue weighted by molar-refractivity contribution is -0.144. The number of amides is 2. The molecule has 1 atom stereocenters. The first-order valence-corrected chi connectivity index (χ1v) is 6.15. The number of rotatable bonds is 2. The molecule has 0 aliphatic carbocycles. The molecule has 1 aromatic heterocycles. The van der Waals surface area contributed by atoms with Crippen LogP contribution in [0.15, 0.2) is 12.1 Å². The van der Waals surface area contributed by atoms with Gasteiger partial charge in [0.05, 0.1) is 11.3 Å². The maximum absolute atomic E-state index is 12.4. The highest BCUT2D eigenvalue weighted by atomic mass is 16.4. The summed E-state index contributed by atoms with van der Waals surface area (Å²) >= 11 is 0. The lowest BCUT2D eigenvalue weighted by atomic mass is 10.1. The van der Waals surface area contributed by atoms with Crippen LogP contribution in [0.3, 0.4) is 0 Å². The van der Waals surface area contributed by atoms with Gasteiger partial charge in [0.1, 0.15) is 12.6 Å². The molecule has 0 saturated carbocycles. The summed E-state index contributed by atoms with van der Waals surface area (Å²) in [5.41, 5.74) is 1.60. The van der Waals surface area contributed by atoms with Gasteiger partial charge < -0.3 is 15.3 Å². The molecule has 1 fully saturated rings. The number of carbonyl (C=O) groups excluding carboxylic acids is 2. The molecular weight excluding hydrogens is 262 g/mol. The maximum atomic E-state index is 12.4. The van der Waals surface area contributed by atoms with Crippen molar-refractivity contribution in [3.05, 3.63) is 29.1 Å². The van der Waals surface area contributed by atoms with Crippen LogP contribution in [0.2, 0.25) is 0 Å². The zero-order valence-corrected chi connectivity index (χ0v) is 11.2. The summed E-state index contributed by atoms with van der Waals surface area (Å²) in [5.74, 6) is -2.00. The van der Waals surface area contributed by atoms with Crippen LogP contribution in [0, 0.1) is 13.8 Å². The summed E-state index contributed by atoms with van der Waals surface area (Å²) in [6, 6.07) is 2.23. The molecule has 2 heterocycles. The molecule has 2 rings (SSSR count). The monoisotopic (exact) mass is 277 g/mol. The van der Waals surface area contributed by atoms with Crippen molar-refractivity contribution in [2.45, 2.75) is 19.9 Å². The van der Waals surface area contributed by atoms with Crippen molar-refractivity contribution in [2.24, 2.45) is 0 Å². The second-order valence-corrected chi connectivity index (χ2v) is 4.68. The summed E-state index contributed by atoms with van der Waals surface area (Å²) in [6.07, 6.45) is 0. The minimum absolute atomic E-state index is 0.0851. The van der Waals surface area contributed by atoms with Crippen molar-refractivity contribution >= 4 is 17.8 Å². The SMILES string of the molecule is Cc1ccc(C(=O)N2CC(=O)NCC2C(=O)O)c(C)n1. The molecule has 2 N–H and O–H groups in total. The molecule has 106 valence electrons. The third-order valence-corrected chi connectivity index (χ3v) is 3.18. The molecule has 0 bridgehead atoms. The molecular formula is C13H15N3O4. The van der Waals surface area contributed by atoms with Gasteiger partial charge in [-0.1, -0.05) is 0 Å². The summed E-state index contributed by atoms with van der Waals surface area (Å²) in [4.78, 5) is 40.3. The van der Waals surface area contributed by atoms with Crippen LogP contribution in [-0.2, 0) is 9.59 Å². The van der Waals surface area contributed by atoms with Gasteiger partial charge in [0.25, 0.3) is 5.91 Å². The van der Waals surface area contributed by atoms with Crippen molar-refractivity contribution in [3.8, 4) is 0 Å². The Kier molecular flexibility index (Phi) is 3.69. The third-order valence-electron chi connectivity index (χ3n) is 3.18. The number of aryl methyl sites for hydroxylation is 2. The van der Waals surface area contributed by atoms with Gasteiger partial charge in [-0.25, -0.2) is 4.79 Å². The fourth-order valence-electron chi connectivity index (χ4n) is 2.14. The van der Waals surface area contributed by atoms with Gasteiger partial charge in [-0.15, -0.1) is 0 Å². The number of carbonyl (C=O) groups is 3. The van der Waals surface area contributed by atoms with Gasteiger partial charge >= 0.3 is 5.97 Å². The predicted molar refractivity (Wildman–Crippen MR) is 69.2 cm³/mol. The Morgan fingerprint density at radius 1 is 1.40 bits per heavy atom. The molecule has 0 radical (unpaired) electrons. The van der Waals surface area contributed by atoms with Crippen LogP contribution in [0.5, 0.6) is 0 Å². The van der Waals surface area contributed by atoms with Crippen molar-refractivity contribution in [2.75, 3.05) is 13.1 Å². The van der Waals surface area contributed by atoms with E-state index in [1.54, 1.807) is 26.0 Å². The number of nitrogens with zero attached hydrogens (tertiary/aromatic N) is 2. The quantitative estimate of drug-likeness (QED) is 0.774. The summed E-state index contributed by atoms with van der Waals surface area (Å²) in [6.45, 7) is 3.14. The lowest BCUT2D eigenvalue weighted by Gasteiger charge is -2.32. The molecule has 2 amide bonds. The van der Waals surface area contributed by atoms with E-state index >= 15 is 0 Å². The molecule has 1 saturated heterocycles. The largest absolute Gasteiger partial charge is 0.480 e. The Morgan fingerprint density at radius 2 is 2.10 bits per heavy atom. The van der Waals surface area contributed by atoms with Gasteiger partial charge in [0.2, 0.25) is 5.91 Å². The Hall–Kier alpha value is -2.44. The molecule has 20 heavy (non-hydrogen) atoms. The van der Waals surface area contributed by atoms with Crippen molar-refractivity contribution in [3.63, 3.8) is 0 Å². The molecule has 7 nitrogen and oxygen atoms in total. The number of pyridine rings is 1. The van der Waals surface area contributed by atoms with Crippen molar-refractivity contribution < 1.29 is 19.5 Å². The average molecular weight is 277 g/mol. The molecule has 1 aromatic rings. The number of piperazine rings is 1. The van der Waals surface area contributed by atoms with Gasteiger partial charge in [0.15, 0.2) is 0 Å². The van der Waals surface area contributed by atoms with Crippen LogP contribution < -0.4 is 5.32 Å². The number of carboxylic acid groups (broad SMARTS) is 1. The van der Waals surface area contributed by atoms with E-state index in [-0.39, 0.29) is 19.0 Å². The normalized spacial score (nSPS) is 18.6. The first kappa shape index (κ1) is 14.0. The van der Waals surface area contributed by atoms with E-state index < -0.39 is 17.9 Å². The van der Waals surface area contributed by atoms with Crippen LogP contribution in [-0.4, -0.2) is 51.9 Å². The zero-order valence-electron chi connectivity index (χ0n) is 11.2. The molecule has 0 aromatic carbocycles. The predicted octanol–water partition coefficient (Wildman–Crippen LogP) is -0.276. The lowest BCUT2D eigenvalue weighted by Crippen LogP contribution is -2.59. The van der Waals surface area contributed by atoms with E-state index in [1.165, 1.54) is 0 Å². The first-order chi connectivity index (χ1) is 9.40. The Labute approximate surface area is 115 Å². The average Bonchev–Trinajstić information content (AvgIpc) is 2.37. The summed E-state index contributed by atoms with van der Waals surface area (Å²) in [5, 5.41) is 11.6. The Balaban J connectivity index is 2.33. The van der Waals surface area contributed by atoms with E-state index in [1.807, 2.05) is 0 Å². The highest BCUT2D eigenvalue weighted by Crippen LogP contribution is 2.14. The smallest absolute Gasteiger partial charge is 0.328 e. The van der Waals surface area contributed by atoms with Crippen molar-refractivity contribution in [1.82, 2.24) is 15.2 Å². The van der Waals surface area contributed by atoms with Gasteiger partial charge in [0, 0.05) is 12.2 Å². The van der Waals surface area contributed by atoms with Crippen LogP contribution >= 0.6 is 0 Å². The Bertz CT molecular complexity index is 585. The number of carboxylic acids is 1. The van der Waals surface area contributed by atoms with E-state index in [2.05, 4.69) is 10.3 Å². The van der Waals surface area contributed by atoms with Crippen molar-refractivity contribution in [1.29, 1.82) is 0 Å². The van der Waals surface area contributed by atoms with E-state index in [0.717, 1.165) is 10.6 Å². The number of hydrogen-bond acceptors (Lipinski definition) is 4. The number of hydrogen-bond donors (Lipinski definition) is 2. The van der Waals surface area contributed by atoms with E-state index in [0.29, 0.717) is 11.3 Å². The first-order valence-electron chi connectivity index (χ1n) is 6.15. The van der Waals surface area contributed by atoms with Gasteiger partial charge in [-0.2, -0.15) is 0 Å². The Morgan fingerprint density at radius 3 is 2.70 bits per heavy atom. The van der Waals surface area contributed by atoms with E-state index in [4.69, 9.17) is 5.11 Å². The van der Waals surface area contributed by atoms with Crippen LogP contribution in [0.1, 0.15) is 21.7 Å². The summed E-state index contributed by atoms with van der Waals surface area (Å²) < 4.78 is 0. The molecule has 1 unspecified atom stereocenters. The minimum Gasteiger partial charge on any atom is -0.480 e. The number of aliphatic carboxylic acids is 1. The topological polar surface area (TPSA) is 99.6 Å². The fraction of sp³-hybridized carbons (Fsp3) is 0.385. The molecule has 1 aliphatic heterocycles. The zero-order chi connectivity index (χ0) is 14.9. The number of aromatic nitrogens is 1. The highest BCUT2D eigenvalue weighted by molar-refractivity contribution is 6.00. The highest BCUT2D eigenvalue weighted by Gasteiger charge is 2.36. The second kappa shape index (κ2) is 5.28. The summed E-state index contributed by atoms with van der Waals surface area (Å²) in [7, 11) is 0. The maximum Gasteiger partial charge on any atom is 0.328 e. The van der Waals surface area contributed by atoms with Gasteiger partial charge in [-0.05, 0) is 26.0 Å². The van der Waals surface area contributed by atoms with E-state index in [9.17, 15) is 14.4 Å². The standard InChI is InChI=1S/C13H15N3O4/c1-7-3-4-9(8(2)15-7)12(18)16-6-11(17)14-5-10(16)13(19)20/h3-4,10H,5-6H2,1-2H3,(H,14,17)(H,19,20). The molecule has 1 aliphatic rings.